The molecular formula is C21H19N3O2. The lowest BCUT2D eigenvalue weighted by atomic mass is 10.1. The van der Waals surface area contributed by atoms with Gasteiger partial charge < -0.3 is 15.2 Å². The van der Waals surface area contributed by atoms with Crippen molar-refractivity contribution in [1.82, 2.24) is 9.38 Å². The van der Waals surface area contributed by atoms with Gasteiger partial charge in [-0.15, -0.1) is 0 Å². The van der Waals surface area contributed by atoms with Gasteiger partial charge in [-0.1, -0.05) is 18.2 Å². The van der Waals surface area contributed by atoms with Crippen LogP contribution in [0.25, 0.3) is 16.9 Å². The number of benzene rings is 2. The van der Waals surface area contributed by atoms with Crippen molar-refractivity contribution in [3.63, 3.8) is 0 Å². The van der Waals surface area contributed by atoms with E-state index >= 15 is 0 Å². The molecular weight excluding hydrogens is 326 g/mol. The highest BCUT2D eigenvalue weighted by atomic mass is 16.5. The molecule has 0 aliphatic rings. The van der Waals surface area contributed by atoms with Crippen molar-refractivity contribution < 1.29 is 9.84 Å². The number of aromatic hydroxyl groups is 1. The molecule has 0 fully saturated rings. The monoisotopic (exact) mass is 345 g/mol. The maximum absolute atomic E-state index is 9.60. The molecule has 0 amide bonds. The highest BCUT2D eigenvalue weighted by Crippen LogP contribution is 2.35. The van der Waals surface area contributed by atoms with Gasteiger partial charge in [-0.25, -0.2) is 4.98 Å². The largest absolute Gasteiger partial charge is 0.508 e. The number of hydrogen-bond acceptors (Lipinski definition) is 4. The molecule has 0 bridgehead atoms. The molecule has 0 unspecified atom stereocenters. The van der Waals surface area contributed by atoms with Gasteiger partial charge >= 0.3 is 0 Å². The standard InChI is InChI=1S/C21H19N3O2/c1-14-6-5-9-19-23-20(15-10-12-16(25)13-11-15)21(24(14)19)22-17-7-3-4-8-18(17)26-2/h3-13,22,25H,1-2H3. The van der Waals surface area contributed by atoms with Crippen LogP contribution < -0.4 is 10.1 Å². The number of fused-ring (bicyclic) bond motifs is 1. The summed E-state index contributed by atoms with van der Waals surface area (Å²) in [5.74, 6) is 1.84. The number of nitrogens with one attached hydrogen (secondary N) is 1. The molecule has 5 nitrogen and oxygen atoms in total. The molecule has 0 aliphatic carbocycles. The van der Waals surface area contributed by atoms with Gasteiger partial charge in [0.15, 0.2) is 0 Å². The van der Waals surface area contributed by atoms with Gasteiger partial charge in [-0.3, -0.25) is 4.40 Å². The third-order valence-corrected chi connectivity index (χ3v) is 4.34. The molecule has 5 heteroatoms. The van der Waals surface area contributed by atoms with Crippen LogP contribution in [0.15, 0.2) is 66.7 Å². The van der Waals surface area contributed by atoms with E-state index in [4.69, 9.17) is 9.72 Å². The van der Waals surface area contributed by atoms with Crippen molar-refractivity contribution in [2.75, 3.05) is 12.4 Å². The summed E-state index contributed by atoms with van der Waals surface area (Å²) < 4.78 is 7.55. The average Bonchev–Trinajstić information content (AvgIpc) is 3.02. The molecule has 4 rings (SSSR count). The summed E-state index contributed by atoms with van der Waals surface area (Å²) in [5, 5.41) is 13.1. The fraction of sp³-hybridized carbons (Fsp3) is 0.0952. The third-order valence-electron chi connectivity index (χ3n) is 4.34. The molecule has 0 aliphatic heterocycles. The molecule has 0 saturated heterocycles. The number of ether oxygens (including phenoxy) is 1. The van der Waals surface area contributed by atoms with Crippen molar-refractivity contribution in [2.24, 2.45) is 0 Å². The van der Waals surface area contributed by atoms with E-state index in [9.17, 15) is 5.11 Å². The Morgan fingerprint density at radius 3 is 2.50 bits per heavy atom. The Balaban J connectivity index is 1.93. The van der Waals surface area contributed by atoms with E-state index in [1.807, 2.05) is 61.5 Å². The number of aromatic nitrogens is 2. The first-order valence-corrected chi connectivity index (χ1v) is 8.35. The number of nitrogens with zero attached hydrogens (tertiary/aromatic N) is 2. The molecule has 2 heterocycles. The van der Waals surface area contributed by atoms with Gasteiger partial charge in [0.1, 0.15) is 28.7 Å². The first-order chi connectivity index (χ1) is 12.7. The lowest BCUT2D eigenvalue weighted by Gasteiger charge is -2.13. The molecule has 2 aromatic carbocycles. The SMILES string of the molecule is COc1ccccc1Nc1c(-c2ccc(O)cc2)nc2cccc(C)n12. The first-order valence-electron chi connectivity index (χ1n) is 8.35. The normalized spacial score (nSPS) is 10.8. The number of rotatable bonds is 4. The van der Waals surface area contributed by atoms with Crippen molar-refractivity contribution in [3.05, 3.63) is 72.4 Å². The predicted molar refractivity (Wildman–Crippen MR) is 103 cm³/mol. The van der Waals surface area contributed by atoms with E-state index in [-0.39, 0.29) is 5.75 Å². The van der Waals surface area contributed by atoms with E-state index in [0.717, 1.165) is 39.9 Å². The van der Waals surface area contributed by atoms with Gasteiger partial charge in [-0.2, -0.15) is 0 Å². The lowest BCUT2D eigenvalue weighted by molar-refractivity contribution is 0.417. The van der Waals surface area contributed by atoms with E-state index < -0.39 is 0 Å². The summed E-state index contributed by atoms with van der Waals surface area (Å²) in [6, 6.07) is 20.8. The van der Waals surface area contributed by atoms with Crippen LogP contribution in [0.4, 0.5) is 11.5 Å². The Kier molecular flexibility index (Phi) is 3.97. The van der Waals surface area contributed by atoms with Crippen LogP contribution in [-0.2, 0) is 0 Å². The molecule has 26 heavy (non-hydrogen) atoms. The minimum absolute atomic E-state index is 0.230. The van der Waals surface area contributed by atoms with Gasteiger partial charge in [0.25, 0.3) is 0 Å². The summed E-state index contributed by atoms with van der Waals surface area (Å²) in [7, 11) is 1.65. The summed E-state index contributed by atoms with van der Waals surface area (Å²) in [6.07, 6.45) is 0. The minimum atomic E-state index is 0.230. The second kappa shape index (κ2) is 6.44. The van der Waals surface area contributed by atoms with Crippen LogP contribution in [0.3, 0.4) is 0 Å². The summed E-state index contributed by atoms with van der Waals surface area (Å²) in [4.78, 5) is 4.80. The fourth-order valence-corrected chi connectivity index (χ4v) is 3.07. The third kappa shape index (κ3) is 2.73. The van der Waals surface area contributed by atoms with Crippen LogP contribution in [0.2, 0.25) is 0 Å². The van der Waals surface area contributed by atoms with Crippen molar-refractivity contribution in [2.45, 2.75) is 6.92 Å². The lowest BCUT2D eigenvalue weighted by Crippen LogP contribution is -2.01. The average molecular weight is 345 g/mol. The van der Waals surface area contributed by atoms with Crippen LogP contribution in [0.1, 0.15) is 5.69 Å². The molecule has 0 atom stereocenters. The van der Waals surface area contributed by atoms with Crippen LogP contribution in [0.5, 0.6) is 11.5 Å². The first kappa shape index (κ1) is 16.0. The molecule has 4 aromatic rings. The summed E-state index contributed by atoms with van der Waals surface area (Å²) >= 11 is 0. The van der Waals surface area contributed by atoms with Gasteiger partial charge in [0.2, 0.25) is 0 Å². The molecule has 0 spiro atoms. The fourth-order valence-electron chi connectivity index (χ4n) is 3.07. The highest BCUT2D eigenvalue weighted by Gasteiger charge is 2.17. The molecule has 130 valence electrons. The zero-order chi connectivity index (χ0) is 18.1. The van der Waals surface area contributed by atoms with Crippen LogP contribution >= 0.6 is 0 Å². The van der Waals surface area contributed by atoms with Gasteiger partial charge in [0.05, 0.1) is 12.8 Å². The Bertz CT molecular complexity index is 1070. The number of imidazole rings is 1. The predicted octanol–water partition coefficient (Wildman–Crippen LogP) is 4.77. The number of aryl methyl sites for hydroxylation is 1. The number of phenolic OH excluding ortho intramolecular Hbond substituents is 1. The molecule has 2 N–H and O–H groups in total. The van der Waals surface area contributed by atoms with Crippen molar-refractivity contribution in [3.8, 4) is 22.8 Å². The smallest absolute Gasteiger partial charge is 0.143 e. The maximum atomic E-state index is 9.60. The number of methoxy groups -OCH3 is 1. The van der Waals surface area contributed by atoms with Crippen molar-refractivity contribution in [1.29, 1.82) is 0 Å². The Morgan fingerprint density at radius 2 is 1.73 bits per heavy atom. The number of phenols is 1. The van der Waals surface area contributed by atoms with Crippen LogP contribution in [-0.4, -0.2) is 21.6 Å². The van der Waals surface area contributed by atoms with Crippen LogP contribution in [0, 0.1) is 6.92 Å². The van der Waals surface area contributed by atoms with Gasteiger partial charge in [-0.05, 0) is 55.5 Å². The second-order valence-corrected chi connectivity index (χ2v) is 6.04. The molecule has 0 saturated carbocycles. The maximum Gasteiger partial charge on any atom is 0.143 e. The zero-order valence-electron chi connectivity index (χ0n) is 14.6. The molecule has 0 radical (unpaired) electrons. The number of hydrogen-bond donors (Lipinski definition) is 2. The number of anilines is 2. The highest BCUT2D eigenvalue weighted by molar-refractivity contribution is 5.81. The Morgan fingerprint density at radius 1 is 0.962 bits per heavy atom. The van der Waals surface area contributed by atoms with E-state index in [0.29, 0.717) is 0 Å². The molecule has 2 aromatic heterocycles. The van der Waals surface area contributed by atoms with E-state index in [1.165, 1.54) is 0 Å². The van der Waals surface area contributed by atoms with E-state index in [1.54, 1.807) is 19.2 Å². The Labute approximate surface area is 151 Å². The quantitative estimate of drug-likeness (QED) is 0.559. The van der Waals surface area contributed by atoms with Gasteiger partial charge in [0, 0.05) is 11.3 Å². The van der Waals surface area contributed by atoms with Crippen molar-refractivity contribution >= 4 is 17.2 Å². The number of pyridine rings is 1. The minimum Gasteiger partial charge on any atom is -0.508 e. The zero-order valence-corrected chi connectivity index (χ0v) is 14.6. The number of para-hydroxylation sites is 2. The second-order valence-electron chi connectivity index (χ2n) is 6.04. The topological polar surface area (TPSA) is 58.8 Å². The summed E-state index contributed by atoms with van der Waals surface area (Å²) in [6.45, 7) is 2.04. The Hall–Kier alpha value is -3.47. The van der Waals surface area contributed by atoms with E-state index in [2.05, 4.69) is 9.72 Å². The summed E-state index contributed by atoms with van der Waals surface area (Å²) in [5.41, 5.74) is 4.51.